The Kier molecular flexibility index (Phi) is 10.6. The maximum Gasteiger partial charge on any atom is 0.184 e. The molecule has 3 aliphatic rings. The van der Waals surface area contributed by atoms with Crippen LogP contribution in [0.15, 0.2) is 77.7 Å². The normalized spacial score (nSPS) is 28.4. The highest BCUT2D eigenvalue weighted by Crippen LogP contribution is 2.47. The molecule has 0 bridgehead atoms. The van der Waals surface area contributed by atoms with Crippen molar-refractivity contribution < 1.29 is 23.7 Å². The Balaban J connectivity index is 1.31. The summed E-state index contributed by atoms with van der Waals surface area (Å²) in [4.78, 5) is 1.36. The van der Waals surface area contributed by atoms with Crippen LogP contribution in [0.3, 0.4) is 0 Å². The van der Waals surface area contributed by atoms with Gasteiger partial charge in [0.25, 0.3) is 0 Å². The van der Waals surface area contributed by atoms with Gasteiger partial charge in [0.15, 0.2) is 6.29 Å². The lowest BCUT2D eigenvalue weighted by Gasteiger charge is -2.49. The molecule has 0 radical (unpaired) electrons. The number of benzene rings is 3. The summed E-state index contributed by atoms with van der Waals surface area (Å²) in [6.45, 7) is 8.38. The van der Waals surface area contributed by atoms with Crippen molar-refractivity contribution in [2.45, 2.75) is 100 Å². The molecule has 230 valence electrons. The molecule has 7 atom stereocenters. The van der Waals surface area contributed by atoms with E-state index in [1.807, 2.05) is 30.0 Å². The number of fused-ring (bicyclic) bond motifs is 2. The van der Waals surface area contributed by atoms with E-state index in [-0.39, 0.29) is 30.5 Å². The first-order valence-corrected chi connectivity index (χ1v) is 17.2. The minimum Gasteiger partial charge on any atom is -0.373 e. The Morgan fingerprint density at radius 2 is 1.49 bits per heavy atom. The average molecular weight is 603 g/mol. The number of hydrogen-bond acceptors (Lipinski definition) is 6. The molecule has 2 saturated heterocycles. The molecule has 2 fully saturated rings. The highest BCUT2D eigenvalue weighted by molar-refractivity contribution is 7.99. The minimum absolute atomic E-state index is 0.248. The van der Waals surface area contributed by atoms with Gasteiger partial charge in [-0.1, -0.05) is 100 Å². The quantitative estimate of drug-likeness (QED) is 0.194. The van der Waals surface area contributed by atoms with Gasteiger partial charge in [-0.25, -0.2) is 0 Å². The van der Waals surface area contributed by atoms with E-state index in [0.717, 1.165) is 49.0 Å². The first-order chi connectivity index (χ1) is 21.2. The molecule has 0 aliphatic carbocycles. The van der Waals surface area contributed by atoms with Gasteiger partial charge in [0, 0.05) is 35.3 Å². The molecular formula is C37H46O5S. The summed E-state index contributed by atoms with van der Waals surface area (Å²) in [6, 6.07) is 26.2. The Hall–Kier alpha value is -2.19. The van der Waals surface area contributed by atoms with E-state index in [0.29, 0.717) is 25.7 Å². The first-order valence-electron chi connectivity index (χ1n) is 16.3. The van der Waals surface area contributed by atoms with Crippen LogP contribution in [0.2, 0.25) is 0 Å². The third-order valence-electron chi connectivity index (χ3n) is 8.95. The molecule has 7 unspecified atom stereocenters. The van der Waals surface area contributed by atoms with Crippen molar-refractivity contribution in [3.05, 3.63) is 101 Å². The molecule has 3 aliphatic heterocycles. The number of rotatable bonds is 12. The predicted molar refractivity (Wildman–Crippen MR) is 172 cm³/mol. The monoisotopic (exact) mass is 602 g/mol. The third kappa shape index (κ3) is 6.90. The van der Waals surface area contributed by atoms with Gasteiger partial charge in [-0.05, 0) is 47.6 Å². The van der Waals surface area contributed by atoms with Crippen LogP contribution in [0.5, 0.6) is 0 Å². The molecule has 0 spiro atoms. The smallest absolute Gasteiger partial charge is 0.184 e. The van der Waals surface area contributed by atoms with E-state index < -0.39 is 6.29 Å². The Labute approximate surface area is 261 Å². The van der Waals surface area contributed by atoms with Crippen LogP contribution in [-0.4, -0.2) is 50.0 Å². The molecule has 0 N–H and O–H groups in total. The molecule has 3 aromatic rings. The van der Waals surface area contributed by atoms with Crippen LogP contribution in [0.25, 0.3) is 0 Å². The summed E-state index contributed by atoms with van der Waals surface area (Å²) in [6.07, 6.45) is 3.38. The largest absolute Gasteiger partial charge is 0.373 e. The number of ether oxygens (including phenoxy) is 5. The molecule has 0 amide bonds. The van der Waals surface area contributed by atoms with Crippen LogP contribution in [0.1, 0.15) is 92.6 Å². The third-order valence-corrected chi connectivity index (χ3v) is 10.1. The van der Waals surface area contributed by atoms with E-state index in [2.05, 4.69) is 75.4 Å². The van der Waals surface area contributed by atoms with E-state index >= 15 is 0 Å². The van der Waals surface area contributed by atoms with Crippen molar-refractivity contribution in [1.82, 2.24) is 0 Å². The summed E-state index contributed by atoms with van der Waals surface area (Å²) >= 11 is 1.95. The Morgan fingerprint density at radius 1 is 0.767 bits per heavy atom. The molecule has 43 heavy (non-hydrogen) atoms. The highest BCUT2D eigenvalue weighted by Gasteiger charge is 2.51. The first kappa shape index (κ1) is 30.8. The zero-order valence-corrected chi connectivity index (χ0v) is 26.6. The van der Waals surface area contributed by atoms with Crippen LogP contribution >= 0.6 is 11.8 Å². The second-order valence-corrected chi connectivity index (χ2v) is 13.0. The molecule has 3 aromatic carbocycles. The van der Waals surface area contributed by atoms with E-state index in [4.69, 9.17) is 23.7 Å². The fraction of sp³-hybridized carbons (Fsp3) is 0.514. The van der Waals surface area contributed by atoms with Crippen molar-refractivity contribution >= 4 is 11.8 Å². The van der Waals surface area contributed by atoms with Gasteiger partial charge >= 0.3 is 0 Å². The van der Waals surface area contributed by atoms with Crippen molar-refractivity contribution in [2.75, 3.05) is 25.6 Å². The lowest BCUT2D eigenvalue weighted by Crippen LogP contribution is -2.60. The zero-order chi connectivity index (χ0) is 29.6. The van der Waals surface area contributed by atoms with Crippen molar-refractivity contribution in [3.8, 4) is 0 Å². The van der Waals surface area contributed by atoms with E-state index in [9.17, 15) is 0 Å². The molecule has 0 saturated carbocycles. The minimum atomic E-state index is -0.451. The van der Waals surface area contributed by atoms with Crippen LogP contribution in [0, 0.1) is 0 Å². The molecule has 6 heteroatoms. The van der Waals surface area contributed by atoms with Crippen LogP contribution < -0.4 is 0 Å². The maximum atomic E-state index is 6.91. The van der Waals surface area contributed by atoms with Gasteiger partial charge in [-0.2, -0.15) is 0 Å². The summed E-state index contributed by atoms with van der Waals surface area (Å²) < 4.78 is 33.2. The summed E-state index contributed by atoms with van der Waals surface area (Å²) in [5.74, 6) is 1.42. The van der Waals surface area contributed by atoms with Gasteiger partial charge < -0.3 is 23.7 Å². The van der Waals surface area contributed by atoms with Gasteiger partial charge in [-0.15, -0.1) is 11.8 Å². The predicted octanol–water partition coefficient (Wildman–Crippen LogP) is 8.41. The number of thioether (sulfide) groups is 1. The van der Waals surface area contributed by atoms with Crippen LogP contribution in [-0.2, 0) is 30.1 Å². The molecule has 5 nitrogen and oxygen atoms in total. The fourth-order valence-corrected chi connectivity index (χ4v) is 7.65. The van der Waals surface area contributed by atoms with Gasteiger partial charge in [0.2, 0.25) is 0 Å². The van der Waals surface area contributed by atoms with E-state index in [1.54, 1.807) is 0 Å². The van der Waals surface area contributed by atoms with E-state index in [1.165, 1.54) is 21.6 Å². The molecule has 6 rings (SSSR count). The SMILES string of the molecule is CCCCOC1C(c2ccc3c(c2)C(c2ccc(CC)cc2)CS3)OC2COC(c3ccccc3)OC2C1OCCCC. The van der Waals surface area contributed by atoms with Crippen molar-refractivity contribution in [2.24, 2.45) is 0 Å². The Bertz CT molecular complexity index is 1300. The molecule has 3 heterocycles. The summed E-state index contributed by atoms with van der Waals surface area (Å²) in [5.41, 5.74) is 6.29. The maximum absolute atomic E-state index is 6.91. The molecule has 0 aromatic heterocycles. The highest BCUT2D eigenvalue weighted by atomic mass is 32.2. The fourth-order valence-electron chi connectivity index (χ4n) is 6.40. The number of hydrogen-bond donors (Lipinski definition) is 0. The average Bonchev–Trinajstić information content (AvgIpc) is 3.49. The summed E-state index contributed by atoms with van der Waals surface area (Å²) in [7, 11) is 0. The summed E-state index contributed by atoms with van der Waals surface area (Å²) in [5, 5.41) is 0. The van der Waals surface area contributed by atoms with Gasteiger partial charge in [0.1, 0.15) is 30.5 Å². The zero-order valence-electron chi connectivity index (χ0n) is 25.8. The lowest BCUT2D eigenvalue weighted by atomic mass is 9.87. The number of aryl methyl sites for hydroxylation is 1. The second kappa shape index (κ2) is 14.7. The standard InChI is InChI=1S/C37H46O5S/c1-4-7-20-38-35-33(28-18-19-32-29(22-28)30(24-43-32)26-16-14-25(6-3)15-17-26)41-31-23-40-37(27-12-10-9-11-13-27)42-34(31)36(35)39-21-8-5-2/h9-19,22,30-31,33-37H,4-8,20-21,23-24H2,1-3H3. The van der Waals surface area contributed by atoms with Crippen LogP contribution in [0.4, 0.5) is 0 Å². The Morgan fingerprint density at radius 3 is 2.21 bits per heavy atom. The lowest BCUT2D eigenvalue weighted by molar-refractivity contribution is -0.339. The number of unbranched alkanes of at least 4 members (excludes halogenated alkanes) is 2. The van der Waals surface area contributed by atoms with Crippen molar-refractivity contribution in [3.63, 3.8) is 0 Å². The molecular weight excluding hydrogens is 556 g/mol. The van der Waals surface area contributed by atoms with Gasteiger partial charge in [0.05, 0.1) is 6.61 Å². The van der Waals surface area contributed by atoms with Crippen molar-refractivity contribution in [1.29, 1.82) is 0 Å². The second-order valence-electron chi connectivity index (χ2n) is 11.9. The van der Waals surface area contributed by atoms with Gasteiger partial charge in [-0.3, -0.25) is 0 Å². The topological polar surface area (TPSA) is 46.2 Å².